The largest absolute Gasteiger partial charge is 0.495 e. The van der Waals surface area contributed by atoms with Crippen LogP contribution in [-0.4, -0.2) is 14.2 Å². The van der Waals surface area contributed by atoms with Crippen LogP contribution in [0.5, 0.6) is 11.5 Å². The van der Waals surface area contributed by atoms with Gasteiger partial charge in [0.05, 0.1) is 24.3 Å². The van der Waals surface area contributed by atoms with Crippen molar-refractivity contribution in [1.82, 2.24) is 0 Å². The highest BCUT2D eigenvalue weighted by Gasteiger charge is 2.05. The lowest BCUT2D eigenvalue weighted by atomic mass is 10.0. The fourth-order valence-corrected chi connectivity index (χ4v) is 2.44. The summed E-state index contributed by atoms with van der Waals surface area (Å²) in [6.45, 7) is 0. The van der Waals surface area contributed by atoms with Crippen molar-refractivity contribution in [2.24, 2.45) is 0 Å². The first kappa shape index (κ1) is 14.0. The predicted octanol–water partition coefficient (Wildman–Crippen LogP) is 4.60. The number of ether oxygens (including phenoxy) is 2. The van der Waals surface area contributed by atoms with Crippen LogP contribution in [-0.2, 0) is 6.42 Å². The maximum absolute atomic E-state index is 6.10. The highest BCUT2D eigenvalue weighted by atomic mass is 35.5. The predicted molar refractivity (Wildman–Crippen MR) is 78.8 cm³/mol. The number of halogens is 2. The van der Waals surface area contributed by atoms with E-state index < -0.39 is 0 Å². The molecule has 2 nitrogen and oxygen atoms in total. The molecule has 19 heavy (non-hydrogen) atoms. The van der Waals surface area contributed by atoms with Gasteiger partial charge in [0, 0.05) is 0 Å². The van der Waals surface area contributed by atoms with Crippen LogP contribution in [0.4, 0.5) is 0 Å². The minimum Gasteiger partial charge on any atom is -0.495 e. The van der Waals surface area contributed by atoms with Gasteiger partial charge >= 0.3 is 0 Å². The van der Waals surface area contributed by atoms with Gasteiger partial charge in [0.1, 0.15) is 11.5 Å². The molecular formula is C15H14Cl2O2. The summed E-state index contributed by atoms with van der Waals surface area (Å²) in [7, 11) is 3.20. The normalized spacial score (nSPS) is 10.3. The van der Waals surface area contributed by atoms with Crippen LogP contribution in [0.2, 0.25) is 10.0 Å². The third kappa shape index (κ3) is 3.34. The Hall–Kier alpha value is -1.38. The van der Waals surface area contributed by atoms with Crippen LogP contribution < -0.4 is 9.47 Å². The Morgan fingerprint density at radius 3 is 1.53 bits per heavy atom. The van der Waals surface area contributed by atoms with E-state index in [0.717, 1.165) is 17.5 Å². The van der Waals surface area contributed by atoms with Gasteiger partial charge in [-0.05, 0) is 41.8 Å². The molecule has 4 heteroatoms. The molecule has 2 rings (SSSR count). The van der Waals surface area contributed by atoms with E-state index in [4.69, 9.17) is 32.7 Å². The summed E-state index contributed by atoms with van der Waals surface area (Å²) in [5.74, 6) is 1.36. The average Bonchev–Trinajstić information content (AvgIpc) is 2.39. The lowest BCUT2D eigenvalue weighted by Gasteiger charge is -2.08. The first-order valence-electron chi connectivity index (χ1n) is 5.79. The number of hydrogen-bond acceptors (Lipinski definition) is 2. The van der Waals surface area contributed by atoms with Crippen LogP contribution in [0.1, 0.15) is 11.1 Å². The summed E-state index contributed by atoms with van der Waals surface area (Å²) < 4.78 is 10.3. The van der Waals surface area contributed by atoms with Crippen molar-refractivity contribution in [3.05, 3.63) is 57.6 Å². The number of methoxy groups -OCH3 is 2. The Morgan fingerprint density at radius 1 is 0.789 bits per heavy atom. The van der Waals surface area contributed by atoms with Crippen molar-refractivity contribution < 1.29 is 9.47 Å². The Balaban J connectivity index is 2.21. The molecule has 0 atom stereocenters. The third-order valence-electron chi connectivity index (χ3n) is 2.84. The SMILES string of the molecule is COc1ccc(Cc2ccc(OC)c(Cl)c2)cc1Cl. The fraction of sp³-hybridized carbons (Fsp3) is 0.200. The summed E-state index contributed by atoms with van der Waals surface area (Å²) in [5, 5.41) is 1.22. The topological polar surface area (TPSA) is 18.5 Å². The van der Waals surface area contributed by atoms with Gasteiger partial charge in [-0.15, -0.1) is 0 Å². The van der Waals surface area contributed by atoms with Crippen molar-refractivity contribution in [1.29, 1.82) is 0 Å². The molecule has 0 aliphatic heterocycles. The van der Waals surface area contributed by atoms with Gasteiger partial charge in [0.25, 0.3) is 0 Å². The van der Waals surface area contributed by atoms with Gasteiger partial charge in [-0.3, -0.25) is 0 Å². The first-order valence-corrected chi connectivity index (χ1v) is 6.54. The molecule has 0 N–H and O–H groups in total. The summed E-state index contributed by atoms with van der Waals surface area (Å²) in [5.41, 5.74) is 2.21. The van der Waals surface area contributed by atoms with Crippen molar-refractivity contribution >= 4 is 23.2 Å². The molecule has 0 heterocycles. The minimum absolute atomic E-state index is 0.611. The minimum atomic E-state index is 0.611. The molecule has 0 fully saturated rings. The van der Waals surface area contributed by atoms with Gasteiger partial charge < -0.3 is 9.47 Å². The lowest BCUT2D eigenvalue weighted by Crippen LogP contribution is -1.91. The van der Waals surface area contributed by atoms with E-state index >= 15 is 0 Å². The van der Waals surface area contributed by atoms with Crippen LogP contribution in [0.25, 0.3) is 0 Å². The summed E-state index contributed by atoms with van der Waals surface area (Å²) in [6.07, 6.45) is 0.757. The van der Waals surface area contributed by atoms with Crippen LogP contribution in [0.3, 0.4) is 0 Å². The molecule has 0 aliphatic carbocycles. The molecule has 0 saturated carbocycles. The summed E-state index contributed by atoms with van der Waals surface area (Å²) in [6, 6.07) is 11.5. The molecule has 0 amide bonds. The van der Waals surface area contributed by atoms with Gasteiger partial charge in [-0.2, -0.15) is 0 Å². The van der Waals surface area contributed by atoms with E-state index in [0.29, 0.717) is 21.5 Å². The van der Waals surface area contributed by atoms with Crippen molar-refractivity contribution in [3.63, 3.8) is 0 Å². The van der Waals surface area contributed by atoms with Gasteiger partial charge in [0.15, 0.2) is 0 Å². The molecule has 2 aromatic rings. The monoisotopic (exact) mass is 296 g/mol. The van der Waals surface area contributed by atoms with Crippen LogP contribution >= 0.6 is 23.2 Å². The summed E-state index contributed by atoms with van der Waals surface area (Å²) in [4.78, 5) is 0. The van der Waals surface area contributed by atoms with Crippen molar-refractivity contribution in [3.8, 4) is 11.5 Å². The highest BCUT2D eigenvalue weighted by molar-refractivity contribution is 6.32. The second kappa shape index (κ2) is 6.18. The quantitative estimate of drug-likeness (QED) is 0.821. The lowest BCUT2D eigenvalue weighted by molar-refractivity contribution is 0.415. The number of rotatable bonds is 4. The van der Waals surface area contributed by atoms with E-state index in [1.807, 2.05) is 36.4 Å². The zero-order chi connectivity index (χ0) is 13.8. The molecule has 2 aromatic carbocycles. The standard InChI is InChI=1S/C15H14Cl2O2/c1-18-14-5-3-10(8-12(14)16)7-11-4-6-15(19-2)13(17)9-11/h3-6,8-9H,7H2,1-2H3. The Bertz CT molecular complexity index is 531. The molecular weight excluding hydrogens is 283 g/mol. The van der Waals surface area contributed by atoms with Crippen LogP contribution in [0.15, 0.2) is 36.4 Å². The third-order valence-corrected chi connectivity index (χ3v) is 3.43. The smallest absolute Gasteiger partial charge is 0.137 e. The summed E-state index contributed by atoms with van der Waals surface area (Å²) >= 11 is 12.2. The Morgan fingerprint density at radius 2 is 1.21 bits per heavy atom. The average molecular weight is 297 g/mol. The van der Waals surface area contributed by atoms with E-state index in [1.165, 1.54) is 0 Å². The number of hydrogen-bond donors (Lipinski definition) is 0. The highest BCUT2D eigenvalue weighted by Crippen LogP contribution is 2.28. The van der Waals surface area contributed by atoms with E-state index in [1.54, 1.807) is 14.2 Å². The second-order valence-electron chi connectivity index (χ2n) is 4.11. The molecule has 0 aromatic heterocycles. The molecule has 0 aliphatic rings. The van der Waals surface area contributed by atoms with E-state index in [2.05, 4.69) is 0 Å². The first-order chi connectivity index (χ1) is 9.13. The van der Waals surface area contributed by atoms with Crippen molar-refractivity contribution in [2.45, 2.75) is 6.42 Å². The molecule has 0 bridgehead atoms. The zero-order valence-electron chi connectivity index (χ0n) is 10.7. The van der Waals surface area contributed by atoms with E-state index in [-0.39, 0.29) is 0 Å². The maximum atomic E-state index is 6.10. The fourth-order valence-electron chi connectivity index (χ4n) is 1.88. The van der Waals surface area contributed by atoms with Gasteiger partial charge in [0.2, 0.25) is 0 Å². The number of benzene rings is 2. The zero-order valence-corrected chi connectivity index (χ0v) is 12.3. The van der Waals surface area contributed by atoms with Crippen molar-refractivity contribution in [2.75, 3.05) is 14.2 Å². The molecule has 0 radical (unpaired) electrons. The Kier molecular flexibility index (Phi) is 4.56. The second-order valence-corrected chi connectivity index (χ2v) is 4.93. The van der Waals surface area contributed by atoms with Gasteiger partial charge in [-0.1, -0.05) is 35.3 Å². The Labute approximate surface area is 122 Å². The molecule has 0 spiro atoms. The molecule has 0 saturated heterocycles. The van der Waals surface area contributed by atoms with Crippen LogP contribution in [0, 0.1) is 0 Å². The van der Waals surface area contributed by atoms with E-state index in [9.17, 15) is 0 Å². The van der Waals surface area contributed by atoms with Gasteiger partial charge in [-0.25, -0.2) is 0 Å². The maximum Gasteiger partial charge on any atom is 0.137 e. The molecule has 100 valence electrons. The molecule has 0 unspecified atom stereocenters.